The molecule has 1 saturated heterocycles. The van der Waals surface area contributed by atoms with E-state index < -0.39 is 5.69 Å². The first-order valence-corrected chi connectivity index (χ1v) is 17.0. The maximum atomic E-state index is 13.5. The van der Waals surface area contributed by atoms with Crippen molar-refractivity contribution in [3.05, 3.63) is 99.2 Å². The number of fused-ring (bicyclic) bond motifs is 3. The van der Waals surface area contributed by atoms with E-state index in [1.165, 1.54) is 15.9 Å². The number of H-pyrrole nitrogens is 1. The first-order valence-electron chi connectivity index (χ1n) is 16.2. The number of anilines is 2. The van der Waals surface area contributed by atoms with Crippen LogP contribution in [0.2, 0.25) is 0 Å². The Morgan fingerprint density at radius 2 is 1.69 bits per heavy atom. The minimum atomic E-state index is -0.448. The summed E-state index contributed by atoms with van der Waals surface area (Å²) < 4.78 is 8.12. The smallest absolute Gasteiger partial charge is 0.328 e. The SMILES string of the molecule is COc1ccccc1N1CCN(CCn2c(=O)[nH]c3c(sc4ccc(NC(=O)CCCC(=O)N(C)Cc5ccccc5)cc43)c2=O)CC1. The molecule has 0 saturated carbocycles. The molecular weight excluding hydrogens is 629 g/mol. The Balaban J connectivity index is 1.04. The summed E-state index contributed by atoms with van der Waals surface area (Å²) in [6.07, 6.45) is 0.902. The van der Waals surface area contributed by atoms with E-state index in [9.17, 15) is 19.2 Å². The van der Waals surface area contributed by atoms with Gasteiger partial charge in [0.1, 0.15) is 10.4 Å². The van der Waals surface area contributed by atoms with Crippen LogP contribution in [0.3, 0.4) is 0 Å². The Morgan fingerprint density at radius 1 is 0.938 bits per heavy atom. The van der Waals surface area contributed by atoms with E-state index in [4.69, 9.17) is 4.74 Å². The number of benzene rings is 3. The third-order valence-electron chi connectivity index (χ3n) is 8.81. The monoisotopic (exact) mass is 668 g/mol. The van der Waals surface area contributed by atoms with Crippen molar-refractivity contribution in [1.29, 1.82) is 0 Å². The number of methoxy groups -OCH3 is 1. The summed E-state index contributed by atoms with van der Waals surface area (Å²) in [4.78, 5) is 61.0. The molecule has 3 aromatic carbocycles. The number of nitrogens with zero attached hydrogens (tertiary/aromatic N) is 4. The quantitative estimate of drug-likeness (QED) is 0.201. The van der Waals surface area contributed by atoms with E-state index in [0.717, 1.165) is 47.9 Å². The molecule has 1 aliphatic heterocycles. The van der Waals surface area contributed by atoms with Crippen LogP contribution in [0.25, 0.3) is 20.3 Å². The molecule has 2 N–H and O–H groups in total. The number of carbonyl (C=O) groups excluding carboxylic acids is 2. The largest absolute Gasteiger partial charge is 0.495 e. The highest BCUT2D eigenvalue weighted by molar-refractivity contribution is 7.25. The van der Waals surface area contributed by atoms with Gasteiger partial charge in [-0.3, -0.25) is 23.9 Å². The van der Waals surface area contributed by atoms with E-state index in [1.54, 1.807) is 31.2 Å². The minimum absolute atomic E-state index is 0.0147. The summed E-state index contributed by atoms with van der Waals surface area (Å²) in [5.41, 5.74) is 2.41. The van der Waals surface area contributed by atoms with Gasteiger partial charge in [0.15, 0.2) is 0 Å². The molecule has 3 heterocycles. The summed E-state index contributed by atoms with van der Waals surface area (Å²) in [6.45, 7) is 4.67. The lowest BCUT2D eigenvalue weighted by atomic mass is 10.1. The van der Waals surface area contributed by atoms with Gasteiger partial charge in [-0.2, -0.15) is 0 Å². The summed E-state index contributed by atoms with van der Waals surface area (Å²) in [7, 11) is 3.44. The van der Waals surface area contributed by atoms with Crippen molar-refractivity contribution < 1.29 is 14.3 Å². The predicted octanol–water partition coefficient (Wildman–Crippen LogP) is 4.50. The van der Waals surface area contributed by atoms with Crippen LogP contribution >= 0.6 is 11.3 Å². The molecular formula is C36H40N6O5S. The number of rotatable bonds is 12. The standard InChI is InChI=1S/C36H40N6O5S/c1-39(24-25-9-4-3-5-10-25)32(44)14-8-13-31(43)37-26-15-16-30-27(23-26)33-34(48-30)35(45)42(36(46)38-33)22-19-40-17-20-41(21-18-40)28-11-6-7-12-29(28)47-2/h3-7,9-12,15-16,23H,8,13-14,17-22,24H2,1-2H3,(H,37,43)(H,38,46). The van der Waals surface area contributed by atoms with Gasteiger partial charge in [0.05, 0.1) is 18.3 Å². The normalized spacial score (nSPS) is 13.6. The van der Waals surface area contributed by atoms with Crippen LogP contribution in [0.1, 0.15) is 24.8 Å². The van der Waals surface area contributed by atoms with E-state index in [-0.39, 0.29) is 30.2 Å². The van der Waals surface area contributed by atoms with Crippen molar-refractivity contribution >= 4 is 54.8 Å². The molecule has 6 rings (SSSR count). The fraction of sp³-hybridized carbons (Fsp3) is 0.333. The van der Waals surface area contributed by atoms with Gasteiger partial charge in [-0.1, -0.05) is 42.5 Å². The lowest BCUT2D eigenvalue weighted by molar-refractivity contribution is -0.130. The Morgan fingerprint density at radius 3 is 2.46 bits per heavy atom. The highest BCUT2D eigenvalue weighted by atomic mass is 32.1. The van der Waals surface area contributed by atoms with Gasteiger partial charge < -0.3 is 24.8 Å². The van der Waals surface area contributed by atoms with Crippen LogP contribution in [0.5, 0.6) is 5.75 Å². The number of hydrogen-bond donors (Lipinski definition) is 2. The van der Waals surface area contributed by atoms with Crippen molar-refractivity contribution in [2.24, 2.45) is 0 Å². The van der Waals surface area contributed by atoms with Crippen molar-refractivity contribution in [3.8, 4) is 5.75 Å². The Labute approximate surface area is 282 Å². The number of ether oxygens (including phenoxy) is 1. The topological polar surface area (TPSA) is 120 Å². The molecule has 0 bridgehead atoms. The summed E-state index contributed by atoms with van der Waals surface area (Å²) in [5, 5.41) is 3.61. The van der Waals surface area contributed by atoms with Crippen LogP contribution in [-0.2, 0) is 22.7 Å². The van der Waals surface area contributed by atoms with Crippen LogP contribution in [0.15, 0.2) is 82.4 Å². The number of aromatic amines is 1. The number of para-hydroxylation sites is 2. The number of piperazine rings is 1. The molecule has 1 aliphatic rings. The molecule has 1 fully saturated rings. The van der Waals surface area contributed by atoms with Crippen LogP contribution in [0, 0.1) is 0 Å². The molecule has 12 heteroatoms. The number of nitrogens with one attached hydrogen (secondary N) is 2. The molecule has 0 unspecified atom stereocenters. The lowest BCUT2D eigenvalue weighted by Gasteiger charge is -2.36. The van der Waals surface area contributed by atoms with Crippen molar-refractivity contribution in [2.45, 2.75) is 32.4 Å². The minimum Gasteiger partial charge on any atom is -0.495 e. The van der Waals surface area contributed by atoms with Gasteiger partial charge in [-0.25, -0.2) is 4.79 Å². The zero-order valence-corrected chi connectivity index (χ0v) is 28.1. The summed E-state index contributed by atoms with van der Waals surface area (Å²) in [5.74, 6) is 0.632. The predicted molar refractivity (Wildman–Crippen MR) is 191 cm³/mol. The average molecular weight is 669 g/mol. The lowest BCUT2D eigenvalue weighted by Crippen LogP contribution is -2.48. The highest BCUT2D eigenvalue weighted by Gasteiger charge is 2.21. The number of carbonyl (C=O) groups is 2. The van der Waals surface area contributed by atoms with Gasteiger partial charge in [-0.15, -0.1) is 11.3 Å². The van der Waals surface area contributed by atoms with E-state index in [2.05, 4.69) is 26.2 Å². The first-order chi connectivity index (χ1) is 23.3. The zero-order valence-electron chi connectivity index (χ0n) is 27.2. The average Bonchev–Trinajstić information content (AvgIpc) is 3.46. The number of aromatic nitrogens is 2. The number of hydrogen-bond acceptors (Lipinski definition) is 8. The number of thiophene rings is 1. The molecule has 2 aromatic heterocycles. The fourth-order valence-corrected chi connectivity index (χ4v) is 7.23. The van der Waals surface area contributed by atoms with Gasteiger partial charge in [-0.05, 0) is 42.3 Å². The molecule has 0 atom stereocenters. The second-order valence-electron chi connectivity index (χ2n) is 12.0. The molecule has 250 valence electrons. The van der Waals surface area contributed by atoms with Crippen LogP contribution < -0.4 is 26.2 Å². The molecule has 5 aromatic rings. The molecule has 0 spiro atoms. The van der Waals surface area contributed by atoms with Crippen molar-refractivity contribution in [3.63, 3.8) is 0 Å². The second-order valence-corrected chi connectivity index (χ2v) is 13.1. The maximum Gasteiger partial charge on any atom is 0.328 e. The molecule has 2 amide bonds. The van der Waals surface area contributed by atoms with E-state index in [1.807, 2.05) is 54.6 Å². The Hall–Kier alpha value is -4.94. The Bertz CT molecular complexity index is 2030. The third-order valence-corrected chi connectivity index (χ3v) is 9.97. The van der Waals surface area contributed by atoms with Gasteiger partial charge >= 0.3 is 5.69 Å². The molecule has 11 nitrogen and oxygen atoms in total. The Kier molecular flexibility index (Phi) is 10.2. The molecule has 48 heavy (non-hydrogen) atoms. The maximum absolute atomic E-state index is 13.5. The first kappa shape index (κ1) is 33.0. The van der Waals surface area contributed by atoms with Crippen LogP contribution in [-0.4, -0.2) is 78.0 Å². The zero-order chi connectivity index (χ0) is 33.6. The van der Waals surface area contributed by atoms with Gasteiger partial charge in [0, 0.05) is 81.5 Å². The van der Waals surface area contributed by atoms with Gasteiger partial charge in [0.2, 0.25) is 11.8 Å². The summed E-state index contributed by atoms with van der Waals surface area (Å²) in [6, 6.07) is 23.2. The second kappa shape index (κ2) is 14.9. The molecule has 0 radical (unpaired) electrons. The summed E-state index contributed by atoms with van der Waals surface area (Å²) >= 11 is 1.33. The highest BCUT2D eigenvalue weighted by Crippen LogP contribution is 2.32. The van der Waals surface area contributed by atoms with Crippen LogP contribution in [0.4, 0.5) is 11.4 Å². The van der Waals surface area contributed by atoms with E-state index in [0.29, 0.717) is 47.3 Å². The van der Waals surface area contributed by atoms with Crippen molar-refractivity contribution in [1.82, 2.24) is 19.4 Å². The van der Waals surface area contributed by atoms with Crippen molar-refractivity contribution in [2.75, 3.05) is 57.1 Å². The third kappa shape index (κ3) is 7.45. The number of amides is 2. The fourth-order valence-electron chi connectivity index (χ4n) is 6.15. The molecule has 0 aliphatic carbocycles. The van der Waals surface area contributed by atoms with Gasteiger partial charge in [0.25, 0.3) is 5.56 Å². The van der Waals surface area contributed by atoms with E-state index >= 15 is 0 Å².